The Morgan fingerprint density at radius 3 is 2.75 bits per heavy atom. The van der Waals surface area contributed by atoms with Crippen LogP contribution in [0.4, 0.5) is 8.78 Å². The number of pyridine rings is 1. The first-order valence-corrected chi connectivity index (χ1v) is 8.89. The molecule has 5 unspecified atom stereocenters. The van der Waals surface area contributed by atoms with E-state index in [-0.39, 0.29) is 12.0 Å². The van der Waals surface area contributed by atoms with E-state index < -0.39 is 36.1 Å². The number of fused-ring (bicyclic) bond motifs is 1. The number of hydrogen-bond acceptors (Lipinski definition) is 3. The molecule has 0 spiro atoms. The summed E-state index contributed by atoms with van der Waals surface area (Å²) in [4.78, 5) is 16.3. The molecule has 1 aliphatic heterocycles. The molecule has 1 saturated carbocycles. The number of rotatable bonds is 2. The highest BCUT2D eigenvalue weighted by Crippen LogP contribution is 2.52. The van der Waals surface area contributed by atoms with Crippen LogP contribution in [0.5, 0.6) is 0 Å². The topological polar surface area (TPSA) is 39.2 Å². The molecular weight excluding hydrogens is 380 g/mol. The number of carbonyl (C=O) groups is 1. The monoisotopic (exact) mass is 399 g/mol. The number of cyclic esters (lactones) is 1. The van der Waals surface area contributed by atoms with Crippen molar-refractivity contribution in [3.8, 4) is 0 Å². The predicted molar refractivity (Wildman–Crippen MR) is 90.5 cm³/mol. The highest BCUT2D eigenvalue weighted by atomic mass is 79.9. The first-order chi connectivity index (χ1) is 11.2. The van der Waals surface area contributed by atoms with Crippen LogP contribution in [0.1, 0.15) is 31.7 Å². The summed E-state index contributed by atoms with van der Waals surface area (Å²) in [6, 6.07) is 3.71. The Hall–Kier alpha value is -1.30. The maximum Gasteiger partial charge on any atom is 0.309 e. The van der Waals surface area contributed by atoms with Gasteiger partial charge in [0.25, 0.3) is 5.92 Å². The van der Waals surface area contributed by atoms with E-state index in [4.69, 9.17) is 4.74 Å². The van der Waals surface area contributed by atoms with E-state index in [2.05, 4.69) is 20.9 Å². The molecule has 6 heteroatoms. The zero-order valence-corrected chi connectivity index (χ0v) is 15.4. The molecule has 1 aliphatic carbocycles. The van der Waals surface area contributed by atoms with Crippen molar-refractivity contribution in [3.63, 3.8) is 0 Å². The van der Waals surface area contributed by atoms with Gasteiger partial charge in [0.15, 0.2) is 0 Å². The third-order valence-electron chi connectivity index (χ3n) is 5.32. The first-order valence-electron chi connectivity index (χ1n) is 8.10. The van der Waals surface area contributed by atoms with Crippen molar-refractivity contribution in [2.45, 2.75) is 39.2 Å². The lowest BCUT2D eigenvalue weighted by Crippen LogP contribution is -2.46. The number of aryl methyl sites for hydroxylation is 1. The molecule has 0 bridgehead atoms. The second-order valence-electron chi connectivity index (χ2n) is 6.82. The van der Waals surface area contributed by atoms with Gasteiger partial charge in [-0.25, -0.2) is 8.78 Å². The highest BCUT2D eigenvalue weighted by Gasteiger charge is 2.59. The van der Waals surface area contributed by atoms with Crippen LogP contribution in [0.25, 0.3) is 6.08 Å². The Labute approximate surface area is 148 Å². The molecule has 24 heavy (non-hydrogen) atoms. The number of carbonyl (C=O) groups excluding carboxylic acids is 1. The Balaban J connectivity index is 1.92. The second-order valence-corrected chi connectivity index (χ2v) is 7.67. The van der Waals surface area contributed by atoms with Crippen LogP contribution in [0, 0.1) is 30.6 Å². The molecule has 5 atom stereocenters. The number of esters is 1. The molecule has 1 saturated heterocycles. The molecule has 0 N–H and O–H groups in total. The summed E-state index contributed by atoms with van der Waals surface area (Å²) in [5, 5.41) is 0. The molecule has 3 nitrogen and oxygen atoms in total. The molecule has 2 fully saturated rings. The Morgan fingerprint density at radius 2 is 2.08 bits per heavy atom. The van der Waals surface area contributed by atoms with E-state index in [1.807, 2.05) is 19.1 Å². The van der Waals surface area contributed by atoms with Gasteiger partial charge in [-0.1, -0.05) is 13.0 Å². The molecule has 1 aromatic heterocycles. The van der Waals surface area contributed by atoms with Crippen LogP contribution in [0.15, 0.2) is 22.7 Å². The quantitative estimate of drug-likeness (QED) is 0.680. The summed E-state index contributed by atoms with van der Waals surface area (Å²) >= 11 is 3.39. The number of ether oxygens (including phenoxy) is 1. The molecule has 0 aromatic carbocycles. The zero-order chi connectivity index (χ0) is 17.6. The normalized spacial score (nSPS) is 35.1. The van der Waals surface area contributed by atoms with Crippen molar-refractivity contribution < 1.29 is 18.3 Å². The molecule has 0 amide bonds. The largest absolute Gasteiger partial charge is 0.462 e. The summed E-state index contributed by atoms with van der Waals surface area (Å²) < 4.78 is 34.9. The summed E-state index contributed by atoms with van der Waals surface area (Å²) in [5.74, 6) is -5.56. The van der Waals surface area contributed by atoms with Crippen molar-refractivity contribution in [3.05, 3.63) is 34.1 Å². The third-order valence-corrected chi connectivity index (χ3v) is 6.16. The number of nitrogens with zero attached hydrogens (tertiary/aromatic N) is 1. The van der Waals surface area contributed by atoms with Gasteiger partial charge in [0, 0.05) is 22.7 Å². The fraction of sp³-hybridized carbons (Fsp3) is 0.556. The lowest BCUT2D eigenvalue weighted by atomic mass is 9.64. The van der Waals surface area contributed by atoms with Crippen LogP contribution >= 0.6 is 15.9 Å². The maximum atomic E-state index is 14.4. The molecule has 2 heterocycles. The average Bonchev–Trinajstić information content (AvgIpc) is 2.77. The highest BCUT2D eigenvalue weighted by molar-refractivity contribution is 9.10. The minimum Gasteiger partial charge on any atom is -0.462 e. The lowest BCUT2D eigenvalue weighted by Gasteiger charge is -2.41. The third kappa shape index (κ3) is 3.01. The molecule has 130 valence electrons. The van der Waals surface area contributed by atoms with Crippen molar-refractivity contribution in [1.29, 1.82) is 0 Å². The molecule has 2 aliphatic rings. The van der Waals surface area contributed by atoms with Gasteiger partial charge in [-0.05, 0) is 53.9 Å². The van der Waals surface area contributed by atoms with E-state index >= 15 is 0 Å². The van der Waals surface area contributed by atoms with Crippen LogP contribution in [-0.4, -0.2) is 23.0 Å². The number of alkyl halides is 2. The van der Waals surface area contributed by atoms with Gasteiger partial charge in [0.2, 0.25) is 0 Å². The van der Waals surface area contributed by atoms with Gasteiger partial charge in [-0.3, -0.25) is 9.78 Å². The summed E-state index contributed by atoms with van der Waals surface area (Å²) in [5.41, 5.74) is 1.55. The summed E-state index contributed by atoms with van der Waals surface area (Å²) in [7, 11) is 0. The van der Waals surface area contributed by atoms with E-state index in [1.54, 1.807) is 26.0 Å². The fourth-order valence-corrected chi connectivity index (χ4v) is 4.11. The first kappa shape index (κ1) is 17.5. The number of allylic oxidation sites excluding steroid dienone is 1. The van der Waals surface area contributed by atoms with Crippen molar-refractivity contribution in [2.24, 2.45) is 23.7 Å². The SMILES string of the molecule is Cc1nc(C=CC2C3C(C)OC(=O)C3CC(F)(F)C2C)ccc1Br. The zero-order valence-electron chi connectivity index (χ0n) is 13.8. The van der Waals surface area contributed by atoms with Crippen molar-refractivity contribution >= 4 is 28.0 Å². The molecular formula is C18H20BrF2NO2. The van der Waals surface area contributed by atoms with Gasteiger partial charge in [0.05, 0.1) is 17.3 Å². The van der Waals surface area contributed by atoms with Gasteiger partial charge in [-0.15, -0.1) is 0 Å². The van der Waals surface area contributed by atoms with Crippen LogP contribution in [0.3, 0.4) is 0 Å². The molecule has 1 aromatic rings. The lowest BCUT2D eigenvalue weighted by molar-refractivity contribution is -0.152. The number of halogens is 3. The summed E-state index contributed by atoms with van der Waals surface area (Å²) in [6.45, 7) is 5.23. The van der Waals surface area contributed by atoms with E-state index in [0.717, 1.165) is 10.2 Å². The average molecular weight is 400 g/mol. The predicted octanol–water partition coefficient (Wildman–Crippen LogP) is 4.63. The number of aromatic nitrogens is 1. The van der Waals surface area contributed by atoms with Gasteiger partial charge in [0.1, 0.15) is 6.10 Å². The van der Waals surface area contributed by atoms with Crippen molar-refractivity contribution in [2.75, 3.05) is 0 Å². The molecule has 3 rings (SSSR count). The molecule has 0 radical (unpaired) electrons. The van der Waals surface area contributed by atoms with Crippen LogP contribution < -0.4 is 0 Å². The van der Waals surface area contributed by atoms with Gasteiger partial charge >= 0.3 is 5.97 Å². The smallest absolute Gasteiger partial charge is 0.309 e. The minimum atomic E-state index is -2.87. The standard InChI is InChI=1S/C18H20BrF2NO2/c1-9-13(6-4-12-5-7-15(19)10(2)22-12)16-11(3)24-17(23)14(16)8-18(9,20)21/h4-7,9,11,13-14,16H,8H2,1-3H3. The summed E-state index contributed by atoms with van der Waals surface area (Å²) in [6.07, 6.45) is 2.80. The fourth-order valence-electron chi connectivity index (χ4n) is 3.89. The Kier molecular flexibility index (Phi) is 4.53. The van der Waals surface area contributed by atoms with Gasteiger partial charge < -0.3 is 4.74 Å². The minimum absolute atomic E-state index is 0.208. The van der Waals surface area contributed by atoms with Crippen LogP contribution in [-0.2, 0) is 9.53 Å². The van der Waals surface area contributed by atoms with Gasteiger partial charge in [-0.2, -0.15) is 0 Å². The van der Waals surface area contributed by atoms with Crippen LogP contribution in [0.2, 0.25) is 0 Å². The second kappa shape index (κ2) is 6.21. The Bertz CT molecular complexity index is 692. The van der Waals surface area contributed by atoms with E-state index in [0.29, 0.717) is 5.69 Å². The van der Waals surface area contributed by atoms with Crippen molar-refractivity contribution in [1.82, 2.24) is 4.98 Å². The van der Waals surface area contributed by atoms with E-state index in [9.17, 15) is 13.6 Å². The van der Waals surface area contributed by atoms with E-state index in [1.165, 1.54) is 0 Å². The number of hydrogen-bond donors (Lipinski definition) is 0. The maximum absolute atomic E-state index is 14.4. The Morgan fingerprint density at radius 1 is 1.38 bits per heavy atom.